The molecule has 1 aromatic rings. The molecule has 2 heteroatoms. The third-order valence-electron chi connectivity index (χ3n) is 3.19. The number of hydrogen-bond donors (Lipinski definition) is 1. The summed E-state index contributed by atoms with van der Waals surface area (Å²) >= 11 is 0. The molecule has 1 aliphatic carbocycles. The highest BCUT2D eigenvalue weighted by atomic mass is 16.3. The van der Waals surface area contributed by atoms with Crippen molar-refractivity contribution in [2.75, 3.05) is 6.54 Å². The SMILES string of the molecule is CCNC(CC1CCC1)c1ccoc1. The summed E-state index contributed by atoms with van der Waals surface area (Å²) in [5, 5.41) is 3.52. The second-order valence-corrected chi connectivity index (χ2v) is 4.20. The summed E-state index contributed by atoms with van der Waals surface area (Å²) in [6.07, 6.45) is 9.16. The van der Waals surface area contributed by atoms with Crippen molar-refractivity contribution in [1.29, 1.82) is 0 Å². The third-order valence-corrected chi connectivity index (χ3v) is 3.19. The van der Waals surface area contributed by atoms with Gasteiger partial charge in [0.1, 0.15) is 0 Å². The van der Waals surface area contributed by atoms with Gasteiger partial charge in [0.05, 0.1) is 12.5 Å². The lowest BCUT2D eigenvalue weighted by Crippen LogP contribution is -2.25. The summed E-state index contributed by atoms with van der Waals surface area (Å²) in [5.41, 5.74) is 1.30. The first kappa shape index (κ1) is 9.78. The van der Waals surface area contributed by atoms with Crippen LogP contribution in [0.25, 0.3) is 0 Å². The van der Waals surface area contributed by atoms with Gasteiger partial charge in [-0.05, 0) is 24.9 Å². The van der Waals surface area contributed by atoms with Crippen molar-refractivity contribution in [3.63, 3.8) is 0 Å². The van der Waals surface area contributed by atoms with Crippen LogP contribution in [0.15, 0.2) is 23.0 Å². The van der Waals surface area contributed by atoms with Crippen molar-refractivity contribution >= 4 is 0 Å². The molecule has 1 N–H and O–H groups in total. The van der Waals surface area contributed by atoms with Crippen LogP contribution in [-0.2, 0) is 0 Å². The molecular weight excluding hydrogens is 174 g/mol. The van der Waals surface area contributed by atoms with Crippen molar-refractivity contribution in [3.8, 4) is 0 Å². The second kappa shape index (κ2) is 4.65. The van der Waals surface area contributed by atoms with Crippen LogP contribution < -0.4 is 5.32 Å². The predicted octanol–water partition coefficient (Wildman–Crippen LogP) is 3.12. The molecule has 1 aromatic heterocycles. The summed E-state index contributed by atoms with van der Waals surface area (Å²) in [6, 6.07) is 2.58. The van der Waals surface area contributed by atoms with E-state index in [9.17, 15) is 0 Å². The van der Waals surface area contributed by atoms with Crippen molar-refractivity contribution in [2.45, 2.75) is 38.6 Å². The van der Waals surface area contributed by atoms with Gasteiger partial charge >= 0.3 is 0 Å². The topological polar surface area (TPSA) is 25.2 Å². The standard InChI is InChI=1S/C12H19NO/c1-2-13-12(8-10-4-3-5-10)11-6-7-14-9-11/h6-7,9-10,12-13H,2-5,8H2,1H3. The summed E-state index contributed by atoms with van der Waals surface area (Å²) < 4.78 is 5.14. The zero-order valence-electron chi connectivity index (χ0n) is 8.83. The molecule has 78 valence electrons. The molecule has 0 radical (unpaired) electrons. The molecule has 0 saturated heterocycles. The Labute approximate surface area is 85.7 Å². The smallest absolute Gasteiger partial charge is 0.0950 e. The molecule has 14 heavy (non-hydrogen) atoms. The quantitative estimate of drug-likeness (QED) is 0.777. The van der Waals surface area contributed by atoms with Gasteiger partial charge in [-0.2, -0.15) is 0 Å². The highest BCUT2D eigenvalue weighted by Gasteiger charge is 2.22. The molecule has 1 fully saturated rings. The van der Waals surface area contributed by atoms with Crippen molar-refractivity contribution in [1.82, 2.24) is 5.32 Å². The zero-order chi connectivity index (χ0) is 9.80. The Kier molecular flexibility index (Phi) is 3.25. The maximum Gasteiger partial charge on any atom is 0.0950 e. The molecule has 0 bridgehead atoms. The molecular formula is C12H19NO. The van der Waals surface area contributed by atoms with E-state index in [1.807, 2.05) is 6.26 Å². The van der Waals surface area contributed by atoms with Crippen LogP contribution in [0.5, 0.6) is 0 Å². The van der Waals surface area contributed by atoms with Gasteiger partial charge in [0, 0.05) is 11.6 Å². The fraction of sp³-hybridized carbons (Fsp3) is 0.667. The van der Waals surface area contributed by atoms with E-state index in [2.05, 4.69) is 18.3 Å². The maximum absolute atomic E-state index is 5.14. The van der Waals surface area contributed by atoms with Crippen LogP contribution in [0.4, 0.5) is 0 Å². The van der Waals surface area contributed by atoms with Gasteiger partial charge in [-0.25, -0.2) is 0 Å². The minimum Gasteiger partial charge on any atom is -0.472 e. The molecule has 0 spiro atoms. The van der Waals surface area contributed by atoms with Crippen molar-refractivity contribution in [3.05, 3.63) is 24.2 Å². The molecule has 2 rings (SSSR count). The molecule has 1 aliphatic rings. The number of nitrogens with one attached hydrogen (secondary N) is 1. The Morgan fingerprint density at radius 3 is 2.93 bits per heavy atom. The lowest BCUT2D eigenvalue weighted by atomic mass is 9.80. The van der Waals surface area contributed by atoms with Gasteiger partial charge in [-0.1, -0.05) is 26.2 Å². The van der Waals surface area contributed by atoms with E-state index in [1.54, 1.807) is 6.26 Å². The maximum atomic E-state index is 5.14. The molecule has 1 heterocycles. The molecule has 1 atom stereocenters. The highest BCUT2D eigenvalue weighted by Crippen LogP contribution is 2.34. The molecule has 0 aliphatic heterocycles. The lowest BCUT2D eigenvalue weighted by Gasteiger charge is -2.29. The molecule has 1 unspecified atom stereocenters. The highest BCUT2D eigenvalue weighted by molar-refractivity contribution is 5.11. The van der Waals surface area contributed by atoms with Crippen LogP contribution >= 0.6 is 0 Å². The fourth-order valence-corrected chi connectivity index (χ4v) is 2.12. The molecule has 0 aromatic carbocycles. The zero-order valence-corrected chi connectivity index (χ0v) is 8.83. The first-order chi connectivity index (χ1) is 6.90. The Morgan fingerprint density at radius 1 is 1.57 bits per heavy atom. The van der Waals surface area contributed by atoms with E-state index in [1.165, 1.54) is 31.2 Å². The summed E-state index contributed by atoms with van der Waals surface area (Å²) in [7, 11) is 0. The third kappa shape index (κ3) is 2.18. The average molecular weight is 193 g/mol. The largest absolute Gasteiger partial charge is 0.472 e. The van der Waals surface area contributed by atoms with E-state index >= 15 is 0 Å². The monoisotopic (exact) mass is 193 g/mol. The lowest BCUT2D eigenvalue weighted by molar-refractivity contribution is 0.262. The van der Waals surface area contributed by atoms with Gasteiger partial charge in [0.2, 0.25) is 0 Å². The normalized spacial score (nSPS) is 19.2. The van der Waals surface area contributed by atoms with E-state index in [-0.39, 0.29) is 0 Å². The van der Waals surface area contributed by atoms with Crippen LogP contribution in [0, 0.1) is 5.92 Å². The first-order valence-corrected chi connectivity index (χ1v) is 5.65. The number of furan rings is 1. The Hall–Kier alpha value is -0.760. The molecule has 0 amide bonds. The summed E-state index contributed by atoms with van der Waals surface area (Å²) in [6.45, 7) is 3.19. The van der Waals surface area contributed by atoms with Gasteiger partial charge in [0.25, 0.3) is 0 Å². The van der Waals surface area contributed by atoms with Crippen LogP contribution in [-0.4, -0.2) is 6.54 Å². The Morgan fingerprint density at radius 2 is 2.43 bits per heavy atom. The van der Waals surface area contributed by atoms with Crippen molar-refractivity contribution in [2.24, 2.45) is 5.92 Å². The van der Waals surface area contributed by atoms with E-state index in [0.29, 0.717) is 6.04 Å². The number of rotatable bonds is 5. The minimum absolute atomic E-state index is 0.504. The Bertz CT molecular complexity index is 251. The molecule has 1 saturated carbocycles. The van der Waals surface area contributed by atoms with Gasteiger partial charge in [-0.15, -0.1) is 0 Å². The average Bonchev–Trinajstić information content (AvgIpc) is 2.61. The number of hydrogen-bond acceptors (Lipinski definition) is 2. The summed E-state index contributed by atoms with van der Waals surface area (Å²) in [4.78, 5) is 0. The fourth-order valence-electron chi connectivity index (χ4n) is 2.12. The Balaban J connectivity index is 1.92. The van der Waals surface area contributed by atoms with Crippen LogP contribution in [0.2, 0.25) is 0 Å². The first-order valence-electron chi connectivity index (χ1n) is 5.65. The van der Waals surface area contributed by atoms with Gasteiger partial charge < -0.3 is 9.73 Å². The minimum atomic E-state index is 0.504. The van der Waals surface area contributed by atoms with Crippen LogP contribution in [0.1, 0.15) is 44.2 Å². The van der Waals surface area contributed by atoms with Gasteiger partial charge in [-0.3, -0.25) is 0 Å². The second-order valence-electron chi connectivity index (χ2n) is 4.20. The van der Waals surface area contributed by atoms with E-state index in [0.717, 1.165) is 12.5 Å². The van der Waals surface area contributed by atoms with E-state index < -0.39 is 0 Å². The van der Waals surface area contributed by atoms with E-state index in [4.69, 9.17) is 4.42 Å². The van der Waals surface area contributed by atoms with Crippen LogP contribution in [0.3, 0.4) is 0 Å². The van der Waals surface area contributed by atoms with Crippen molar-refractivity contribution < 1.29 is 4.42 Å². The summed E-state index contributed by atoms with van der Waals surface area (Å²) in [5.74, 6) is 0.939. The van der Waals surface area contributed by atoms with Gasteiger partial charge in [0.15, 0.2) is 0 Å². The predicted molar refractivity (Wildman–Crippen MR) is 57.1 cm³/mol. The molecule has 2 nitrogen and oxygen atoms in total.